The third-order valence-corrected chi connectivity index (χ3v) is 5.70. The zero-order valence-corrected chi connectivity index (χ0v) is 18.1. The monoisotopic (exact) mass is 453 g/mol. The molecule has 2 aromatic carbocycles. The van der Waals surface area contributed by atoms with Crippen LogP contribution in [0.3, 0.4) is 0 Å². The first-order valence-electron chi connectivity index (χ1n) is 9.72. The molecular weight excluding hydrogens is 433 g/mol. The lowest BCUT2D eigenvalue weighted by Crippen LogP contribution is -2.07. The van der Waals surface area contributed by atoms with Crippen molar-refractivity contribution in [3.8, 4) is 11.5 Å². The van der Waals surface area contributed by atoms with Crippen molar-refractivity contribution in [2.75, 3.05) is 7.11 Å². The molecule has 0 atom stereocenters. The Bertz CT molecular complexity index is 1300. The van der Waals surface area contributed by atoms with Gasteiger partial charge in [-0.15, -0.1) is 16.8 Å². The van der Waals surface area contributed by atoms with Crippen LogP contribution in [0.1, 0.15) is 11.4 Å². The highest BCUT2D eigenvalue weighted by Gasteiger charge is 2.14. The summed E-state index contributed by atoms with van der Waals surface area (Å²) >= 11 is 1.44. The molecule has 0 radical (unpaired) electrons. The van der Waals surface area contributed by atoms with E-state index in [1.165, 1.54) is 30.0 Å². The van der Waals surface area contributed by atoms with E-state index in [4.69, 9.17) is 13.9 Å². The van der Waals surface area contributed by atoms with Crippen LogP contribution in [0, 0.1) is 5.82 Å². The molecule has 0 aliphatic rings. The molecule has 0 N–H and O–H groups in total. The van der Waals surface area contributed by atoms with E-state index in [9.17, 15) is 9.18 Å². The predicted octanol–water partition coefficient (Wildman–Crippen LogP) is 4.59. The van der Waals surface area contributed by atoms with Gasteiger partial charge in [0, 0.05) is 29.8 Å². The molecule has 164 valence electrons. The number of aromatic nitrogens is 3. The zero-order chi connectivity index (χ0) is 22.5. The largest absolute Gasteiger partial charge is 0.497 e. The number of hydrogen-bond acceptors (Lipinski definition) is 7. The average Bonchev–Trinajstić information content (AvgIpc) is 3.18. The van der Waals surface area contributed by atoms with Gasteiger partial charge < -0.3 is 13.9 Å². The third-order valence-electron chi connectivity index (χ3n) is 4.68. The molecule has 0 saturated heterocycles. The van der Waals surface area contributed by atoms with Crippen molar-refractivity contribution in [2.24, 2.45) is 0 Å². The molecule has 4 rings (SSSR count). The first kappa shape index (κ1) is 21.6. The number of benzene rings is 2. The van der Waals surface area contributed by atoms with Crippen LogP contribution in [-0.4, -0.2) is 21.9 Å². The fourth-order valence-corrected chi connectivity index (χ4v) is 4.08. The van der Waals surface area contributed by atoms with Crippen LogP contribution in [0.2, 0.25) is 0 Å². The SMILES string of the molecule is C=CCn1c(COc2ccc(F)cc2)nnc1SCc1cc(=O)oc2cc(OC)ccc12. The van der Waals surface area contributed by atoms with E-state index in [0.29, 0.717) is 40.4 Å². The van der Waals surface area contributed by atoms with E-state index in [0.717, 1.165) is 10.9 Å². The number of ether oxygens (including phenoxy) is 2. The van der Waals surface area contributed by atoms with Crippen LogP contribution in [0.15, 0.2) is 75.6 Å². The first-order chi connectivity index (χ1) is 15.6. The van der Waals surface area contributed by atoms with Gasteiger partial charge in [-0.25, -0.2) is 9.18 Å². The molecule has 4 aromatic rings. The summed E-state index contributed by atoms with van der Waals surface area (Å²) < 4.78 is 31.2. The number of thioether (sulfide) groups is 1. The van der Waals surface area contributed by atoms with E-state index < -0.39 is 5.63 Å². The molecule has 7 nitrogen and oxygen atoms in total. The molecule has 0 aliphatic carbocycles. The summed E-state index contributed by atoms with van der Waals surface area (Å²) in [5.41, 5.74) is 0.858. The Labute approximate surface area is 187 Å². The number of fused-ring (bicyclic) bond motifs is 1. The summed E-state index contributed by atoms with van der Waals surface area (Å²) in [6.45, 7) is 4.46. The van der Waals surface area contributed by atoms with Crippen LogP contribution < -0.4 is 15.1 Å². The first-order valence-corrected chi connectivity index (χ1v) is 10.7. The Morgan fingerprint density at radius 1 is 1.16 bits per heavy atom. The number of nitrogens with zero attached hydrogens (tertiary/aromatic N) is 3. The molecule has 0 amide bonds. The van der Waals surface area contributed by atoms with Crippen molar-refractivity contribution in [2.45, 2.75) is 24.1 Å². The van der Waals surface area contributed by atoms with Crippen LogP contribution in [0.25, 0.3) is 11.0 Å². The summed E-state index contributed by atoms with van der Waals surface area (Å²) in [5, 5.41) is 9.99. The second-order valence-electron chi connectivity index (χ2n) is 6.78. The lowest BCUT2D eigenvalue weighted by Gasteiger charge is -2.10. The van der Waals surface area contributed by atoms with E-state index in [2.05, 4.69) is 16.8 Å². The highest BCUT2D eigenvalue weighted by molar-refractivity contribution is 7.98. The Morgan fingerprint density at radius 2 is 1.94 bits per heavy atom. The highest BCUT2D eigenvalue weighted by atomic mass is 32.2. The quantitative estimate of drug-likeness (QED) is 0.208. The van der Waals surface area contributed by atoms with Crippen molar-refractivity contribution in [3.05, 3.63) is 88.8 Å². The van der Waals surface area contributed by atoms with Crippen LogP contribution in [0.4, 0.5) is 4.39 Å². The second-order valence-corrected chi connectivity index (χ2v) is 7.72. The Hall–Kier alpha value is -3.59. The molecule has 32 heavy (non-hydrogen) atoms. The lowest BCUT2D eigenvalue weighted by molar-refractivity contribution is 0.288. The van der Waals surface area contributed by atoms with Crippen LogP contribution >= 0.6 is 11.8 Å². The summed E-state index contributed by atoms with van der Waals surface area (Å²) in [5.74, 6) is 1.92. The molecular formula is C23H20FN3O4S. The van der Waals surface area contributed by atoms with E-state index in [1.54, 1.807) is 31.4 Å². The van der Waals surface area contributed by atoms with Crippen molar-refractivity contribution in [1.29, 1.82) is 0 Å². The third kappa shape index (κ3) is 4.83. The number of hydrogen-bond donors (Lipinski definition) is 0. The van der Waals surface area contributed by atoms with Gasteiger partial charge in [-0.3, -0.25) is 4.57 Å². The fraction of sp³-hybridized carbons (Fsp3) is 0.174. The van der Waals surface area contributed by atoms with Gasteiger partial charge in [0.05, 0.1) is 7.11 Å². The minimum absolute atomic E-state index is 0.171. The summed E-state index contributed by atoms with van der Waals surface area (Å²) in [4.78, 5) is 12.0. The topological polar surface area (TPSA) is 79.4 Å². The Balaban J connectivity index is 1.54. The van der Waals surface area contributed by atoms with Gasteiger partial charge >= 0.3 is 5.63 Å². The number of rotatable bonds is 9. The lowest BCUT2D eigenvalue weighted by atomic mass is 10.1. The smallest absolute Gasteiger partial charge is 0.336 e. The van der Waals surface area contributed by atoms with Crippen molar-refractivity contribution in [1.82, 2.24) is 14.8 Å². The van der Waals surface area contributed by atoms with Gasteiger partial charge in [0.2, 0.25) is 0 Å². The molecule has 2 heterocycles. The van der Waals surface area contributed by atoms with Gasteiger partial charge in [-0.05, 0) is 42.0 Å². The molecule has 0 spiro atoms. The summed E-state index contributed by atoms with van der Waals surface area (Å²) in [6, 6.07) is 12.6. The maximum Gasteiger partial charge on any atom is 0.336 e. The van der Waals surface area contributed by atoms with E-state index >= 15 is 0 Å². The number of halogens is 1. The normalized spacial score (nSPS) is 10.9. The minimum Gasteiger partial charge on any atom is -0.497 e. The van der Waals surface area contributed by atoms with Gasteiger partial charge in [-0.1, -0.05) is 17.8 Å². The van der Waals surface area contributed by atoms with E-state index in [-0.39, 0.29) is 12.4 Å². The molecule has 0 bridgehead atoms. The average molecular weight is 453 g/mol. The number of allylic oxidation sites excluding steroid dienone is 1. The van der Waals surface area contributed by atoms with Crippen molar-refractivity contribution < 1.29 is 18.3 Å². The highest BCUT2D eigenvalue weighted by Crippen LogP contribution is 2.28. The van der Waals surface area contributed by atoms with Crippen LogP contribution in [-0.2, 0) is 18.9 Å². The molecule has 0 saturated carbocycles. The second kappa shape index (κ2) is 9.69. The zero-order valence-electron chi connectivity index (χ0n) is 17.3. The van der Waals surface area contributed by atoms with Gasteiger partial charge in [0.1, 0.15) is 29.5 Å². The minimum atomic E-state index is -0.428. The van der Waals surface area contributed by atoms with Crippen molar-refractivity contribution >= 4 is 22.7 Å². The fourth-order valence-electron chi connectivity index (χ4n) is 3.12. The standard InChI is InChI=1S/C23H20FN3O4S/c1-3-10-27-21(13-30-17-6-4-16(24)5-7-17)25-26-23(27)32-14-15-11-22(28)31-20-12-18(29-2)8-9-19(15)20/h3-9,11-12H,1,10,13-14H2,2H3. The molecule has 2 aromatic heterocycles. The van der Waals surface area contributed by atoms with Gasteiger partial charge in [0.15, 0.2) is 11.0 Å². The maximum atomic E-state index is 13.1. The van der Waals surface area contributed by atoms with Crippen molar-refractivity contribution in [3.63, 3.8) is 0 Å². The molecule has 0 aliphatic heterocycles. The van der Waals surface area contributed by atoms with E-state index in [1.807, 2.05) is 16.7 Å². The summed E-state index contributed by atoms with van der Waals surface area (Å²) in [6.07, 6.45) is 1.74. The Morgan fingerprint density at radius 3 is 2.69 bits per heavy atom. The van der Waals surface area contributed by atoms with Gasteiger partial charge in [0.25, 0.3) is 0 Å². The predicted molar refractivity (Wildman–Crippen MR) is 120 cm³/mol. The number of methoxy groups -OCH3 is 1. The van der Waals surface area contributed by atoms with Crippen LogP contribution in [0.5, 0.6) is 11.5 Å². The van der Waals surface area contributed by atoms with Gasteiger partial charge in [-0.2, -0.15) is 0 Å². The molecule has 0 fully saturated rings. The maximum absolute atomic E-state index is 13.1. The summed E-state index contributed by atoms with van der Waals surface area (Å²) in [7, 11) is 1.56. The molecule has 9 heteroatoms. The Kier molecular flexibility index (Phi) is 6.55. The molecule has 0 unspecified atom stereocenters.